The summed E-state index contributed by atoms with van der Waals surface area (Å²) in [6.45, 7) is 5.70. The first-order chi connectivity index (χ1) is 17.6. The van der Waals surface area contributed by atoms with Gasteiger partial charge in [0.2, 0.25) is 0 Å². The van der Waals surface area contributed by atoms with Gasteiger partial charge >= 0.3 is 0 Å². The molecular weight excluding hydrogens is 524 g/mol. The van der Waals surface area contributed by atoms with Crippen LogP contribution < -0.4 is 10.0 Å². The second-order valence-corrected chi connectivity index (χ2v) is 11.9. The molecule has 5 nitrogen and oxygen atoms in total. The summed E-state index contributed by atoms with van der Waals surface area (Å²) in [5.41, 5.74) is 5.19. The summed E-state index contributed by atoms with van der Waals surface area (Å²) in [5.74, 6) is 0.388. The van der Waals surface area contributed by atoms with Gasteiger partial charge in [-0.05, 0) is 91.6 Å². The number of anilines is 2. The number of carbonyl (C=O) groups is 1. The Labute approximate surface area is 227 Å². The predicted octanol–water partition coefficient (Wildman–Crippen LogP) is 7.61. The third-order valence-electron chi connectivity index (χ3n) is 5.64. The molecule has 0 aliphatic carbocycles. The van der Waals surface area contributed by atoms with E-state index < -0.39 is 15.9 Å². The quantitative estimate of drug-likeness (QED) is 0.221. The van der Waals surface area contributed by atoms with Crippen molar-refractivity contribution >= 4 is 50.7 Å². The molecule has 0 atom stereocenters. The minimum atomic E-state index is -4.01. The van der Waals surface area contributed by atoms with Crippen LogP contribution in [-0.4, -0.2) is 14.3 Å². The average Bonchev–Trinajstić information content (AvgIpc) is 2.84. The number of aryl methyl sites for hydroxylation is 3. The highest BCUT2D eigenvalue weighted by molar-refractivity contribution is 7.98. The van der Waals surface area contributed by atoms with Crippen molar-refractivity contribution in [2.75, 3.05) is 10.0 Å². The molecular formula is C29H27ClN2O3S2. The van der Waals surface area contributed by atoms with Crippen molar-refractivity contribution in [1.82, 2.24) is 0 Å². The van der Waals surface area contributed by atoms with Gasteiger partial charge in [-0.3, -0.25) is 9.52 Å². The summed E-state index contributed by atoms with van der Waals surface area (Å²) >= 11 is 7.98. The number of rotatable bonds is 8. The summed E-state index contributed by atoms with van der Waals surface area (Å²) in [4.78, 5) is 14.1. The van der Waals surface area contributed by atoms with Crippen LogP contribution in [0.1, 0.15) is 32.6 Å². The summed E-state index contributed by atoms with van der Waals surface area (Å²) in [6, 6.07) is 25.7. The second kappa shape index (κ2) is 11.4. The van der Waals surface area contributed by atoms with E-state index in [4.69, 9.17) is 11.6 Å². The molecule has 4 rings (SSSR count). The molecule has 0 heterocycles. The van der Waals surface area contributed by atoms with Gasteiger partial charge in [0.05, 0.1) is 5.02 Å². The summed E-state index contributed by atoms with van der Waals surface area (Å²) in [5, 5.41) is 2.92. The van der Waals surface area contributed by atoms with E-state index in [0.717, 1.165) is 28.0 Å². The maximum absolute atomic E-state index is 13.1. The van der Waals surface area contributed by atoms with Gasteiger partial charge in [0, 0.05) is 27.6 Å². The molecule has 190 valence electrons. The Morgan fingerprint density at radius 1 is 0.865 bits per heavy atom. The summed E-state index contributed by atoms with van der Waals surface area (Å²) < 4.78 is 28.8. The lowest BCUT2D eigenvalue weighted by atomic mass is 10.1. The molecule has 0 bridgehead atoms. The molecule has 0 aliphatic heterocycles. The topological polar surface area (TPSA) is 75.3 Å². The number of hydrogen-bond acceptors (Lipinski definition) is 4. The number of hydrogen-bond donors (Lipinski definition) is 2. The highest BCUT2D eigenvalue weighted by Gasteiger charge is 2.21. The molecule has 1 amide bonds. The lowest BCUT2D eigenvalue weighted by Crippen LogP contribution is -2.17. The Bertz CT molecular complexity index is 1530. The van der Waals surface area contributed by atoms with E-state index in [1.807, 2.05) is 63.2 Å². The maximum atomic E-state index is 13.1. The minimum absolute atomic E-state index is 0.0323. The Hall–Kier alpha value is -3.26. The van der Waals surface area contributed by atoms with Crippen molar-refractivity contribution in [3.05, 3.63) is 118 Å². The molecule has 0 fully saturated rings. The SMILES string of the molecule is Cc1cc(C)cc(NS(=O)(=O)c2cc(C(=O)Nc3ccc(CSc4ccccc4)cc3C)ccc2Cl)c1. The molecule has 0 saturated heterocycles. The van der Waals surface area contributed by atoms with Crippen LogP contribution in [0, 0.1) is 20.8 Å². The van der Waals surface area contributed by atoms with Gasteiger partial charge in [-0.15, -0.1) is 11.8 Å². The zero-order valence-corrected chi connectivity index (χ0v) is 23.1. The van der Waals surface area contributed by atoms with Crippen molar-refractivity contribution in [3.63, 3.8) is 0 Å². The minimum Gasteiger partial charge on any atom is -0.322 e. The molecule has 4 aromatic rings. The van der Waals surface area contributed by atoms with Gasteiger partial charge in [-0.2, -0.15) is 0 Å². The highest BCUT2D eigenvalue weighted by Crippen LogP contribution is 2.28. The molecule has 0 aromatic heterocycles. The lowest BCUT2D eigenvalue weighted by molar-refractivity contribution is 0.102. The van der Waals surface area contributed by atoms with Crippen LogP contribution in [-0.2, 0) is 15.8 Å². The number of benzene rings is 4. The van der Waals surface area contributed by atoms with Gasteiger partial charge in [0.25, 0.3) is 15.9 Å². The maximum Gasteiger partial charge on any atom is 0.263 e. The van der Waals surface area contributed by atoms with E-state index in [1.165, 1.54) is 23.1 Å². The highest BCUT2D eigenvalue weighted by atomic mass is 35.5. The lowest BCUT2D eigenvalue weighted by Gasteiger charge is -2.13. The smallest absolute Gasteiger partial charge is 0.263 e. The zero-order valence-electron chi connectivity index (χ0n) is 20.7. The average molecular weight is 551 g/mol. The van der Waals surface area contributed by atoms with Crippen LogP contribution in [0.3, 0.4) is 0 Å². The molecule has 0 unspecified atom stereocenters. The standard InChI is InChI=1S/C29H27ClN2O3S2/c1-19-13-20(2)15-24(14-19)32-37(34,35)28-17-23(10-11-26(28)30)29(33)31-27-12-9-22(16-21(27)3)18-36-25-7-5-4-6-8-25/h4-17,32H,18H2,1-3H3,(H,31,33). The number of sulfonamides is 1. The number of carbonyl (C=O) groups excluding carboxylic acids is 1. The summed E-state index contributed by atoms with van der Waals surface area (Å²) in [7, 11) is -4.01. The number of amides is 1. The fourth-order valence-corrected chi connectivity index (χ4v) is 6.36. The molecule has 0 saturated carbocycles. The Morgan fingerprint density at radius 2 is 1.57 bits per heavy atom. The monoisotopic (exact) mass is 550 g/mol. The zero-order chi connectivity index (χ0) is 26.6. The first kappa shape index (κ1) is 26.8. The van der Waals surface area contributed by atoms with Gasteiger partial charge in [0.1, 0.15) is 4.90 Å². The van der Waals surface area contributed by atoms with Crippen LogP contribution in [0.4, 0.5) is 11.4 Å². The van der Waals surface area contributed by atoms with Crippen LogP contribution in [0.25, 0.3) is 0 Å². The van der Waals surface area contributed by atoms with E-state index in [1.54, 1.807) is 23.9 Å². The third kappa shape index (κ3) is 6.95. The number of halogens is 1. The number of thioether (sulfide) groups is 1. The summed E-state index contributed by atoms with van der Waals surface area (Å²) in [6.07, 6.45) is 0. The largest absolute Gasteiger partial charge is 0.322 e. The fraction of sp³-hybridized carbons (Fsp3) is 0.138. The third-order valence-corrected chi connectivity index (χ3v) is 8.59. The molecule has 0 radical (unpaired) electrons. The van der Waals surface area contributed by atoms with Crippen molar-refractivity contribution in [2.24, 2.45) is 0 Å². The first-order valence-electron chi connectivity index (χ1n) is 11.6. The van der Waals surface area contributed by atoms with Gasteiger partial charge < -0.3 is 5.32 Å². The van der Waals surface area contributed by atoms with Crippen molar-refractivity contribution < 1.29 is 13.2 Å². The second-order valence-electron chi connectivity index (χ2n) is 8.83. The van der Waals surface area contributed by atoms with Crippen LogP contribution in [0.15, 0.2) is 94.7 Å². The van der Waals surface area contributed by atoms with Gasteiger partial charge in [0.15, 0.2) is 0 Å². The molecule has 2 N–H and O–H groups in total. The molecule has 4 aromatic carbocycles. The van der Waals surface area contributed by atoms with Crippen LogP contribution in [0.5, 0.6) is 0 Å². The van der Waals surface area contributed by atoms with Crippen molar-refractivity contribution in [2.45, 2.75) is 36.3 Å². The molecule has 37 heavy (non-hydrogen) atoms. The van der Waals surface area contributed by atoms with E-state index in [0.29, 0.717) is 11.4 Å². The van der Waals surface area contributed by atoms with Crippen LogP contribution in [0.2, 0.25) is 5.02 Å². The molecule has 8 heteroatoms. The first-order valence-corrected chi connectivity index (χ1v) is 14.4. The Morgan fingerprint density at radius 3 is 2.24 bits per heavy atom. The van der Waals surface area contributed by atoms with Crippen molar-refractivity contribution in [3.8, 4) is 0 Å². The van der Waals surface area contributed by atoms with E-state index in [2.05, 4.69) is 22.2 Å². The van der Waals surface area contributed by atoms with E-state index >= 15 is 0 Å². The molecule has 0 spiro atoms. The van der Waals surface area contributed by atoms with E-state index in [-0.39, 0.29) is 15.5 Å². The van der Waals surface area contributed by atoms with Crippen molar-refractivity contribution in [1.29, 1.82) is 0 Å². The number of nitrogens with one attached hydrogen (secondary N) is 2. The predicted molar refractivity (Wildman–Crippen MR) is 153 cm³/mol. The van der Waals surface area contributed by atoms with E-state index in [9.17, 15) is 13.2 Å². The van der Waals surface area contributed by atoms with Gasteiger partial charge in [-0.1, -0.05) is 48.0 Å². The normalized spacial score (nSPS) is 11.2. The Kier molecular flexibility index (Phi) is 8.27. The van der Waals surface area contributed by atoms with Gasteiger partial charge in [-0.25, -0.2) is 8.42 Å². The van der Waals surface area contributed by atoms with Crippen LogP contribution >= 0.6 is 23.4 Å². The molecule has 0 aliphatic rings. The Balaban J connectivity index is 1.49. The fourth-order valence-electron chi connectivity index (χ4n) is 3.93.